The summed E-state index contributed by atoms with van der Waals surface area (Å²) in [6.45, 7) is -0.282. The van der Waals surface area contributed by atoms with Crippen molar-refractivity contribution >= 4 is 0 Å². The molecule has 7 heteroatoms. The Balaban J connectivity index is 3.05. The van der Waals surface area contributed by atoms with Gasteiger partial charge in [0.15, 0.2) is 11.6 Å². The van der Waals surface area contributed by atoms with Crippen molar-refractivity contribution in [3.63, 3.8) is 0 Å². The van der Waals surface area contributed by atoms with E-state index in [1.54, 1.807) is 0 Å². The maximum Gasteiger partial charge on any atom is 0.573 e. The molecule has 0 bridgehead atoms. The average Bonchev–Trinajstić information content (AvgIpc) is 2.06. The Bertz CT molecular complexity index is 326. The molecule has 2 N–H and O–H groups in total. The zero-order chi connectivity index (χ0) is 10.8. The Morgan fingerprint density at radius 2 is 2.00 bits per heavy atom. The Morgan fingerprint density at radius 1 is 1.36 bits per heavy atom. The quantitative estimate of drug-likeness (QED) is 0.754. The number of halogens is 4. The molecule has 0 radical (unpaired) electrons. The van der Waals surface area contributed by atoms with E-state index in [0.29, 0.717) is 6.20 Å². The zero-order valence-corrected chi connectivity index (χ0v) is 6.81. The summed E-state index contributed by atoms with van der Waals surface area (Å²) in [5, 5.41) is 0. The van der Waals surface area contributed by atoms with Gasteiger partial charge in [-0.05, 0) is 0 Å². The molecule has 1 aromatic rings. The van der Waals surface area contributed by atoms with Gasteiger partial charge in [-0.15, -0.1) is 13.2 Å². The molecule has 0 atom stereocenters. The first-order valence-electron chi connectivity index (χ1n) is 3.52. The first-order chi connectivity index (χ1) is 6.44. The number of rotatable bonds is 2. The molecule has 1 rings (SSSR count). The maximum atomic E-state index is 12.8. The van der Waals surface area contributed by atoms with Crippen LogP contribution in [0.4, 0.5) is 17.6 Å². The minimum atomic E-state index is -4.94. The molecule has 0 aliphatic rings. The highest BCUT2D eigenvalue weighted by molar-refractivity contribution is 5.31. The third kappa shape index (κ3) is 2.56. The average molecular weight is 210 g/mol. The van der Waals surface area contributed by atoms with Crippen LogP contribution in [-0.2, 0) is 6.54 Å². The van der Waals surface area contributed by atoms with Crippen LogP contribution >= 0.6 is 0 Å². The summed E-state index contributed by atoms with van der Waals surface area (Å²) in [6, 6.07) is 0. The van der Waals surface area contributed by atoms with Crippen molar-refractivity contribution in [2.45, 2.75) is 12.9 Å². The van der Waals surface area contributed by atoms with E-state index in [1.807, 2.05) is 0 Å². The lowest BCUT2D eigenvalue weighted by Crippen LogP contribution is -2.19. The molecule has 1 heterocycles. The van der Waals surface area contributed by atoms with E-state index in [1.165, 1.54) is 0 Å². The molecule has 14 heavy (non-hydrogen) atoms. The fraction of sp³-hybridized carbons (Fsp3) is 0.286. The summed E-state index contributed by atoms with van der Waals surface area (Å²) < 4.78 is 51.6. The van der Waals surface area contributed by atoms with Gasteiger partial charge in [0.05, 0.1) is 6.20 Å². The third-order valence-corrected chi connectivity index (χ3v) is 1.36. The molecule has 0 aromatic carbocycles. The summed E-state index contributed by atoms with van der Waals surface area (Å²) in [7, 11) is 0. The molecule has 0 fully saturated rings. The fourth-order valence-electron chi connectivity index (χ4n) is 0.839. The second kappa shape index (κ2) is 3.79. The van der Waals surface area contributed by atoms with Crippen LogP contribution in [0.2, 0.25) is 0 Å². The molecule has 0 saturated carbocycles. The van der Waals surface area contributed by atoms with Gasteiger partial charge in [-0.3, -0.25) is 4.98 Å². The summed E-state index contributed by atoms with van der Waals surface area (Å²) in [5.74, 6) is -2.11. The number of alkyl halides is 3. The van der Waals surface area contributed by atoms with Gasteiger partial charge in [-0.1, -0.05) is 0 Å². The number of ether oxygens (including phenoxy) is 1. The van der Waals surface area contributed by atoms with Crippen LogP contribution in [0.1, 0.15) is 5.56 Å². The molecule has 0 aliphatic heterocycles. The van der Waals surface area contributed by atoms with Gasteiger partial charge in [0.2, 0.25) is 0 Å². The van der Waals surface area contributed by atoms with Crippen molar-refractivity contribution < 1.29 is 22.3 Å². The molecule has 0 unspecified atom stereocenters. The number of aromatic nitrogens is 1. The minimum absolute atomic E-state index is 0.137. The second-order valence-electron chi connectivity index (χ2n) is 2.36. The first-order valence-corrected chi connectivity index (χ1v) is 3.52. The Kier molecular flexibility index (Phi) is 2.90. The molecule has 3 nitrogen and oxygen atoms in total. The molecular weight excluding hydrogens is 204 g/mol. The van der Waals surface area contributed by atoms with Crippen molar-refractivity contribution in [1.29, 1.82) is 0 Å². The van der Waals surface area contributed by atoms with E-state index in [9.17, 15) is 17.6 Å². The van der Waals surface area contributed by atoms with Gasteiger partial charge in [-0.2, -0.15) is 0 Å². The molecule has 0 saturated heterocycles. The Hall–Kier alpha value is -1.37. The minimum Gasteiger partial charge on any atom is -0.402 e. The number of nitrogens with two attached hydrogens (primary N) is 1. The lowest BCUT2D eigenvalue weighted by molar-refractivity contribution is -0.275. The van der Waals surface area contributed by atoms with E-state index in [2.05, 4.69) is 9.72 Å². The van der Waals surface area contributed by atoms with Gasteiger partial charge in [-0.25, -0.2) is 4.39 Å². The van der Waals surface area contributed by atoms with E-state index >= 15 is 0 Å². The van der Waals surface area contributed by atoms with Crippen molar-refractivity contribution in [3.05, 3.63) is 23.8 Å². The zero-order valence-electron chi connectivity index (χ0n) is 6.81. The summed E-state index contributed by atoms with van der Waals surface area (Å²) in [6.07, 6.45) is -3.30. The van der Waals surface area contributed by atoms with Gasteiger partial charge in [0.25, 0.3) is 0 Å². The predicted molar refractivity (Wildman–Crippen MR) is 38.8 cm³/mol. The molecule has 0 aliphatic carbocycles. The third-order valence-electron chi connectivity index (χ3n) is 1.36. The topological polar surface area (TPSA) is 48.1 Å². The highest BCUT2D eigenvalue weighted by Gasteiger charge is 2.33. The molecule has 78 valence electrons. The van der Waals surface area contributed by atoms with Crippen LogP contribution in [0.15, 0.2) is 12.4 Å². The van der Waals surface area contributed by atoms with Crippen LogP contribution in [0, 0.1) is 5.82 Å². The summed E-state index contributed by atoms with van der Waals surface area (Å²) in [4.78, 5) is 3.34. The highest BCUT2D eigenvalue weighted by Crippen LogP contribution is 2.27. The van der Waals surface area contributed by atoms with Gasteiger partial charge < -0.3 is 10.5 Å². The predicted octanol–water partition coefficient (Wildman–Crippen LogP) is 1.58. The van der Waals surface area contributed by atoms with Gasteiger partial charge in [0, 0.05) is 18.3 Å². The summed E-state index contributed by atoms with van der Waals surface area (Å²) >= 11 is 0. The number of hydrogen-bond acceptors (Lipinski definition) is 3. The van der Waals surface area contributed by atoms with Crippen LogP contribution in [0.25, 0.3) is 0 Å². The van der Waals surface area contributed by atoms with E-state index in [-0.39, 0.29) is 12.1 Å². The number of nitrogens with zero attached hydrogens (tertiary/aromatic N) is 1. The first kappa shape index (κ1) is 10.7. The monoisotopic (exact) mass is 210 g/mol. The standard InChI is InChI=1S/C7H6F4N2O/c8-5-3-13-2-4(1-12)6(5)14-7(9,10)11/h2-3H,1,12H2. The number of pyridine rings is 1. The van der Waals surface area contributed by atoms with Crippen molar-refractivity contribution in [2.75, 3.05) is 0 Å². The van der Waals surface area contributed by atoms with Gasteiger partial charge in [0.1, 0.15) is 0 Å². The smallest absolute Gasteiger partial charge is 0.402 e. The van der Waals surface area contributed by atoms with Crippen molar-refractivity contribution in [1.82, 2.24) is 4.98 Å². The highest BCUT2D eigenvalue weighted by atomic mass is 19.4. The fourth-order valence-corrected chi connectivity index (χ4v) is 0.839. The molecule has 0 spiro atoms. The Morgan fingerprint density at radius 3 is 2.50 bits per heavy atom. The molecule has 0 amide bonds. The summed E-state index contributed by atoms with van der Waals surface area (Å²) in [5.41, 5.74) is 4.95. The van der Waals surface area contributed by atoms with Crippen molar-refractivity contribution in [3.8, 4) is 5.75 Å². The lowest BCUT2D eigenvalue weighted by atomic mass is 10.2. The lowest BCUT2D eigenvalue weighted by Gasteiger charge is -2.12. The molecule has 1 aromatic heterocycles. The van der Waals surface area contributed by atoms with E-state index in [4.69, 9.17) is 5.73 Å². The van der Waals surface area contributed by atoms with Crippen LogP contribution in [0.3, 0.4) is 0 Å². The van der Waals surface area contributed by atoms with E-state index in [0.717, 1.165) is 6.20 Å². The van der Waals surface area contributed by atoms with Crippen LogP contribution in [0.5, 0.6) is 5.75 Å². The normalized spacial score (nSPS) is 11.5. The van der Waals surface area contributed by atoms with Crippen LogP contribution in [-0.4, -0.2) is 11.3 Å². The van der Waals surface area contributed by atoms with Gasteiger partial charge >= 0.3 is 6.36 Å². The van der Waals surface area contributed by atoms with E-state index < -0.39 is 17.9 Å². The Labute approximate surface area is 76.5 Å². The molecular formula is C7H6F4N2O. The largest absolute Gasteiger partial charge is 0.573 e. The number of hydrogen-bond donors (Lipinski definition) is 1. The van der Waals surface area contributed by atoms with Crippen molar-refractivity contribution in [2.24, 2.45) is 5.73 Å². The second-order valence-corrected chi connectivity index (χ2v) is 2.36. The SMILES string of the molecule is NCc1cncc(F)c1OC(F)(F)F. The van der Waals surface area contributed by atoms with Crippen LogP contribution < -0.4 is 10.5 Å². The maximum absolute atomic E-state index is 12.8.